The van der Waals surface area contributed by atoms with Crippen molar-refractivity contribution in [2.75, 3.05) is 7.11 Å². The van der Waals surface area contributed by atoms with E-state index >= 15 is 0 Å². The lowest BCUT2D eigenvalue weighted by molar-refractivity contribution is 0.112. The number of aromatic nitrogens is 1. The number of hydrogen-bond acceptors (Lipinski definition) is 5. The molecular weight excluding hydrogens is 254 g/mol. The molecule has 0 N–H and O–H groups in total. The fraction of sp³-hybridized carbons (Fsp3) is 0.167. The van der Waals surface area contributed by atoms with Crippen LogP contribution in [0, 0.1) is 0 Å². The summed E-state index contributed by atoms with van der Waals surface area (Å²) in [5.74, 6) is 1.55. The Kier molecular flexibility index (Phi) is 4.17. The molecule has 1 aromatic carbocycles. The van der Waals surface area contributed by atoms with Gasteiger partial charge < -0.3 is 4.74 Å². The minimum Gasteiger partial charge on any atom is -0.496 e. The third-order valence-electron chi connectivity index (χ3n) is 2.20. The van der Waals surface area contributed by atoms with Crippen LogP contribution in [0.15, 0.2) is 34.1 Å². The zero-order chi connectivity index (χ0) is 12.1. The van der Waals surface area contributed by atoms with E-state index in [1.807, 2.05) is 17.5 Å². The van der Waals surface area contributed by atoms with Crippen molar-refractivity contribution in [1.82, 2.24) is 4.98 Å². The maximum absolute atomic E-state index is 10.7. The highest BCUT2D eigenvalue weighted by Gasteiger charge is 2.06. The molecule has 0 saturated carbocycles. The van der Waals surface area contributed by atoms with Crippen molar-refractivity contribution in [1.29, 1.82) is 0 Å². The summed E-state index contributed by atoms with van der Waals surface area (Å²) in [7, 11) is 1.63. The fourth-order valence-electron chi connectivity index (χ4n) is 1.41. The normalized spacial score (nSPS) is 10.2. The monoisotopic (exact) mass is 265 g/mol. The number of thioether (sulfide) groups is 1. The summed E-state index contributed by atoms with van der Waals surface area (Å²) in [6.07, 6.45) is 2.63. The lowest BCUT2D eigenvalue weighted by Gasteiger charge is -2.07. The van der Waals surface area contributed by atoms with E-state index in [1.54, 1.807) is 42.5 Å². The van der Waals surface area contributed by atoms with E-state index < -0.39 is 0 Å². The van der Waals surface area contributed by atoms with Crippen molar-refractivity contribution in [3.63, 3.8) is 0 Å². The Balaban J connectivity index is 2.15. The van der Waals surface area contributed by atoms with Gasteiger partial charge in [-0.25, -0.2) is 4.98 Å². The summed E-state index contributed by atoms with van der Waals surface area (Å²) in [5, 5.41) is 1.95. The second-order valence-corrected chi connectivity index (χ2v) is 5.39. The first kappa shape index (κ1) is 12.1. The van der Waals surface area contributed by atoms with Gasteiger partial charge in [0.25, 0.3) is 0 Å². The number of methoxy groups -OCH3 is 1. The topological polar surface area (TPSA) is 39.2 Å². The summed E-state index contributed by atoms with van der Waals surface area (Å²) in [6, 6.07) is 5.43. The van der Waals surface area contributed by atoms with Gasteiger partial charge in [0, 0.05) is 28.5 Å². The molecule has 0 saturated heterocycles. The highest BCUT2D eigenvalue weighted by Crippen LogP contribution is 2.29. The highest BCUT2D eigenvalue weighted by molar-refractivity contribution is 8.00. The van der Waals surface area contributed by atoms with Gasteiger partial charge in [0.1, 0.15) is 16.4 Å². The molecule has 0 bridgehead atoms. The second kappa shape index (κ2) is 5.84. The molecule has 2 rings (SSSR count). The maximum Gasteiger partial charge on any atom is 0.150 e. The van der Waals surface area contributed by atoms with E-state index in [2.05, 4.69) is 4.98 Å². The Labute approximate surface area is 108 Å². The number of ether oxygens (including phenoxy) is 1. The molecular formula is C12H11NO2S2. The van der Waals surface area contributed by atoms with Crippen molar-refractivity contribution in [3.05, 3.63) is 40.9 Å². The van der Waals surface area contributed by atoms with Gasteiger partial charge in [0.15, 0.2) is 0 Å². The van der Waals surface area contributed by atoms with Gasteiger partial charge in [-0.2, -0.15) is 0 Å². The zero-order valence-corrected chi connectivity index (χ0v) is 10.9. The molecule has 0 atom stereocenters. The highest BCUT2D eigenvalue weighted by atomic mass is 32.2. The van der Waals surface area contributed by atoms with Crippen LogP contribution in [0.25, 0.3) is 0 Å². The molecule has 0 radical (unpaired) electrons. The smallest absolute Gasteiger partial charge is 0.150 e. The zero-order valence-electron chi connectivity index (χ0n) is 9.25. The first-order chi connectivity index (χ1) is 8.33. The summed E-state index contributed by atoms with van der Waals surface area (Å²) in [6.45, 7) is 0. The van der Waals surface area contributed by atoms with E-state index in [9.17, 15) is 4.79 Å². The van der Waals surface area contributed by atoms with Crippen LogP contribution < -0.4 is 4.74 Å². The van der Waals surface area contributed by atoms with Gasteiger partial charge >= 0.3 is 0 Å². The standard InChI is InChI=1S/C12H11NO2S2/c1-15-11-3-2-9(7-14)6-10(11)8-17-12-13-4-5-16-12/h2-7H,8H2,1H3. The molecule has 3 nitrogen and oxygen atoms in total. The van der Waals surface area contributed by atoms with Crippen LogP contribution in [0.3, 0.4) is 0 Å². The second-order valence-electron chi connectivity index (χ2n) is 3.28. The lowest BCUT2D eigenvalue weighted by atomic mass is 10.1. The lowest BCUT2D eigenvalue weighted by Crippen LogP contribution is -1.92. The molecule has 0 amide bonds. The minimum absolute atomic E-state index is 0.667. The Morgan fingerprint density at radius 2 is 2.41 bits per heavy atom. The number of benzene rings is 1. The quantitative estimate of drug-likeness (QED) is 0.614. The van der Waals surface area contributed by atoms with Gasteiger partial charge in [-0.15, -0.1) is 11.3 Å². The van der Waals surface area contributed by atoms with E-state index in [-0.39, 0.29) is 0 Å². The van der Waals surface area contributed by atoms with Gasteiger partial charge in [0.05, 0.1) is 7.11 Å². The summed E-state index contributed by atoms with van der Waals surface area (Å²) < 4.78 is 6.29. The molecule has 5 heteroatoms. The molecule has 2 aromatic rings. The fourth-order valence-corrected chi connectivity index (χ4v) is 3.02. The average Bonchev–Trinajstić information content (AvgIpc) is 2.89. The molecule has 0 aliphatic rings. The molecule has 17 heavy (non-hydrogen) atoms. The summed E-state index contributed by atoms with van der Waals surface area (Å²) in [5.41, 5.74) is 1.68. The predicted molar refractivity (Wildman–Crippen MR) is 70.1 cm³/mol. The van der Waals surface area contributed by atoms with Gasteiger partial charge in [0.2, 0.25) is 0 Å². The van der Waals surface area contributed by atoms with Crippen LogP contribution in [0.4, 0.5) is 0 Å². The number of aldehydes is 1. The third kappa shape index (κ3) is 3.08. The molecule has 0 aliphatic heterocycles. The molecule has 0 unspecified atom stereocenters. The van der Waals surface area contributed by atoms with Crippen molar-refractivity contribution in [3.8, 4) is 5.75 Å². The van der Waals surface area contributed by atoms with Crippen molar-refractivity contribution >= 4 is 29.4 Å². The Morgan fingerprint density at radius 3 is 3.06 bits per heavy atom. The van der Waals surface area contributed by atoms with Crippen LogP contribution >= 0.6 is 23.1 Å². The SMILES string of the molecule is COc1ccc(C=O)cc1CSc1nccs1. The molecule has 0 aliphatic carbocycles. The number of hydrogen-bond donors (Lipinski definition) is 0. The van der Waals surface area contributed by atoms with E-state index in [1.165, 1.54) is 0 Å². The Morgan fingerprint density at radius 1 is 1.53 bits per heavy atom. The van der Waals surface area contributed by atoms with Gasteiger partial charge in [-0.05, 0) is 18.2 Å². The maximum atomic E-state index is 10.7. The number of carbonyl (C=O) groups is 1. The van der Waals surface area contributed by atoms with E-state index in [4.69, 9.17) is 4.74 Å². The van der Waals surface area contributed by atoms with Crippen LogP contribution in [0.1, 0.15) is 15.9 Å². The third-order valence-corrected chi connectivity index (χ3v) is 4.22. The van der Waals surface area contributed by atoms with Crippen LogP contribution in [-0.4, -0.2) is 18.4 Å². The van der Waals surface area contributed by atoms with Crippen molar-refractivity contribution in [2.45, 2.75) is 10.1 Å². The number of thiazole rings is 1. The van der Waals surface area contributed by atoms with Crippen LogP contribution in [-0.2, 0) is 5.75 Å². The van der Waals surface area contributed by atoms with Crippen molar-refractivity contribution in [2.24, 2.45) is 0 Å². The summed E-state index contributed by atoms with van der Waals surface area (Å²) >= 11 is 3.25. The predicted octanol–water partition coefficient (Wildman–Crippen LogP) is 3.26. The Bertz CT molecular complexity index is 497. The van der Waals surface area contributed by atoms with Crippen LogP contribution in [0.2, 0.25) is 0 Å². The number of carbonyl (C=O) groups excluding carboxylic acids is 1. The first-order valence-electron chi connectivity index (χ1n) is 4.98. The van der Waals surface area contributed by atoms with E-state index in [0.29, 0.717) is 5.56 Å². The average molecular weight is 265 g/mol. The molecule has 1 heterocycles. The molecule has 0 spiro atoms. The minimum atomic E-state index is 0.667. The molecule has 0 fully saturated rings. The largest absolute Gasteiger partial charge is 0.496 e. The molecule has 88 valence electrons. The molecule has 1 aromatic heterocycles. The Hall–Kier alpha value is -1.33. The van der Waals surface area contributed by atoms with Crippen molar-refractivity contribution < 1.29 is 9.53 Å². The number of rotatable bonds is 5. The van der Waals surface area contributed by atoms with Crippen LogP contribution in [0.5, 0.6) is 5.75 Å². The summed E-state index contributed by atoms with van der Waals surface area (Å²) in [4.78, 5) is 14.9. The van der Waals surface area contributed by atoms with Gasteiger partial charge in [-0.1, -0.05) is 11.8 Å². The van der Waals surface area contributed by atoms with E-state index in [0.717, 1.165) is 27.7 Å². The van der Waals surface area contributed by atoms with Gasteiger partial charge in [-0.3, -0.25) is 4.79 Å². The number of nitrogens with zero attached hydrogens (tertiary/aromatic N) is 1. The first-order valence-corrected chi connectivity index (χ1v) is 6.84.